The van der Waals surface area contributed by atoms with Crippen LogP contribution in [0.4, 0.5) is 5.69 Å². The van der Waals surface area contributed by atoms with Crippen molar-refractivity contribution >= 4 is 5.69 Å². The van der Waals surface area contributed by atoms with Crippen LogP contribution in [0.2, 0.25) is 0 Å². The molecular weight excluding hydrogens is 208 g/mol. The van der Waals surface area contributed by atoms with Crippen LogP contribution in [0.3, 0.4) is 0 Å². The number of nitrogens with two attached hydrogens (primary N) is 1. The molecule has 1 aromatic rings. The molecule has 2 N–H and O–H groups in total. The highest BCUT2D eigenvalue weighted by Gasteiger charge is 2.43. The van der Waals surface area contributed by atoms with Crippen molar-refractivity contribution in [3.63, 3.8) is 0 Å². The Bertz CT molecular complexity index is 372. The van der Waals surface area contributed by atoms with Crippen molar-refractivity contribution in [2.45, 2.75) is 37.5 Å². The van der Waals surface area contributed by atoms with Crippen molar-refractivity contribution in [2.75, 3.05) is 25.4 Å². The van der Waals surface area contributed by atoms with Gasteiger partial charge in [0.25, 0.3) is 0 Å². The highest BCUT2D eigenvalue weighted by Crippen LogP contribution is 2.51. The van der Waals surface area contributed by atoms with Gasteiger partial charge in [0.2, 0.25) is 0 Å². The summed E-state index contributed by atoms with van der Waals surface area (Å²) in [4.78, 5) is 2.62. The fraction of sp³-hybridized carbons (Fsp3) is 0.600. The zero-order valence-electron chi connectivity index (χ0n) is 10.5. The zero-order valence-corrected chi connectivity index (χ0v) is 10.5. The minimum absolute atomic E-state index is 0.496. The lowest BCUT2D eigenvalue weighted by Gasteiger charge is -2.20. The molecule has 0 bridgehead atoms. The maximum Gasteiger partial charge on any atom is 0.0314 e. The summed E-state index contributed by atoms with van der Waals surface area (Å²) in [6.07, 6.45) is 6.86. The lowest BCUT2D eigenvalue weighted by atomic mass is 9.92. The number of benzene rings is 1. The van der Waals surface area contributed by atoms with Crippen LogP contribution in [0.25, 0.3) is 0 Å². The molecule has 1 aliphatic carbocycles. The van der Waals surface area contributed by atoms with Gasteiger partial charge in [-0.2, -0.15) is 0 Å². The summed E-state index contributed by atoms with van der Waals surface area (Å²) in [7, 11) is 0. The molecule has 0 unspecified atom stereocenters. The second-order valence-corrected chi connectivity index (χ2v) is 5.70. The van der Waals surface area contributed by atoms with Gasteiger partial charge in [-0.1, -0.05) is 12.1 Å². The van der Waals surface area contributed by atoms with Crippen LogP contribution in [-0.2, 0) is 5.41 Å². The standard InChI is InChI=1S/C15H22N2/c16-14-5-3-13(4-6-14)15(7-8-15)9-12-17-10-1-2-11-17/h3-6H,1-2,7-12,16H2. The second-order valence-electron chi connectivity index (χ2n) is 5.70. The van der Waals surface area contributed by atoms with E-state index in [4.69, 9.17) is 5.73 Å². The smallest absolute Gasteiger partial charge is 0.0314 e. The third-order valence-electron chi connectivity index (χ3n) is 4.48. The van der Waals surface area contributed by atoms with Gasteiger partial charge in [-0.3, -0.25) is 0 Å². The molecule has 17 heavy (non-hydrogen) atoms. The number of rotatable bonds is 4. The summed E-state index contributed by atoms with van der Waals surface area (Å²) in [6.45, 7) is 3.92. The molecule has 1 aromatic carbocycles. The van der Waals surface area contributed by atoms with Gasteiger partial charge in [0, 0.05) is 5.69 Å². The van der Waals surface area contributed by atoms with Crippen LogP contribution in [0.1, 0.15) is 37.7 Å². The first-order valence-corrected chi connectivity index (χ1v) is 6.87. The Labute approximate surface area is 104 Å². The quantitative estimate of drug-likeness (QED) is 0.806. The Balaban J connectivity index is 1.63. The van der Waals surface area contributed by atoms with Crippen molar-refractivity contribution in [1.82, 2.24) is 4.90 Å². The van der Waals surface area contributed by atoms with Crippen LogP contribution in [0.5, 0.6) is 0 Å². The summed E-state index contributed by atoms with van der Waals surface area (Å²) in [5, 5.41) is 0. The van der Waals surface area contributed by atoms with E-state index in [0.717, 1.165) is 5.69 Å². The van der Waals surface area contributed by atoms with Crippen LogP contribution >= 0.6 is 0 Å². The molecule has 1 saturated carbocycles. The molecule has 92 valence electrons. The molecule has 0 aromatic heterocycles. The number of likely N-dealkylation sites (tertiary alicyclic amines) is 1. The van der Waals surface area contributed by atoms with Gasteiger partial charge in [0.15, 0.2) is 0 Å². The van der Waals surface area contributed by atoms with E-state index in [0.29, 0.717) is 5.41 Å². The molecule has 3 rings (SSSR count). The molecule has 0 amide bonds. The van der Waals surface area contributed by atoms with E-state index in [-0.39, 0.29) is 0 Å². The topological polar surface area (TPSA) is 29.3 Å². The highest BCUT2D eigenvalue weighted by atomic mass is 15.1. The summed E-state index contributed by atoms with van der Waals surface area (Å²) < 4.78 is 0. The minimum Gasteiger partial charge on any atom is -0.399 e. The van der Waals surface area contributed by atoms with Gasteiger partial charge < -0.3 is 10.6 Å². The number of hydrogen-bond donors (Lipinski definition) is 1. The Hall–Kier alpha value is -1.02. The molecule has 1 heterocycles. The molecule has 1 saturated heterocycles. The maximum absolute atomic E-state index is 5.76. The average Bonchev–Trinajstić information content (AvgIpc) is 2.95. The van der Waals surface area contributed by atoms with E-state index >= 15 is 0 Å². The lowest BCUT2D eigenvalue weighted by molar-refractivity contribution is 0.317. The largest absolute Gasteiger partial charge is 0.399 e. The Morgan fingerprint density at radius 3 is 2.29 bits per heavy atom. The normalized spacial score (nSPS) is 22.8. The Morgan fingerprint density at radius 2 is 1.71 bits per heavy atom. The minimum atomic E-state index is 0.496. The summed E-state index contributed by atoms with van der Waals surface area (Å²) in [5.74, 6) is 0. The van der Waals surface area contributed by atoms with Crippen LogP contribution in [0, 0.1) is 0 Å². The third kappa shape index (κ3) is 2.32. The summed E-state index contributed by atoms with van der Waals surface area (Å²) in [6, 6.07) is 8.55. The first-order chi connectivity index (χ1) is 8.28. The van der Waals surface area contributed by atoms with Gasteiger partial charge in [-0.05, 0) is 74.8 Å². The van der Waals surface area contributed by atoms with Crippen molar-refractivity contribution in [2.24, 2.45) is 0 Å². The fourth-order valence-corrected chi connectivity index (χ4v) is 3.05. The Kier molecular flexibility index (Phi) is 2.83. The molecule has 0 atom stereocenters. The second kappa shape index (κ2) is 4.34. The van der Waals surface area contributed by atoms with E-state index in [2.05, 4.69) is 17.0 Å². The van der Waals surface area contributed by atoms with Crippen LogP contribution in [0.15, 0.2) is 24.3 Å². The Morgan fingerprint density at radius 1 is 1.06 bits per heavy atom. The van der Waals surface area contributed by atoms with Crippen LogP contribution < -0.4 is 5.73 Å². The molecule has 2 aliphatic rings. The number of hydrogen-bond acceptors (Lipinski definition) is 2. The van der Waals surface area contributed by atoms with Gasteiger partial charge in [-0.15, -0.1) is 0 Å². The fourth-order valence-electron chi connectivity index (χ4n) is 3.05. The van der Waals surface area contributed by atoms with Gasteiger partial charge in [-0.25, -0.2) is 0 Å². The lowest BCUT2D eigenvalue weighted by Crippen LogP contribution is -2.24. The van der Waals surface area contributed by atoms with Crippen molar-refractivity contribution in [1.29, 1.82) is 0 Å². The SMILES string of the molecule is Nc1ccc(C2(CCN3CCCC3)CC2)cc1. The number of nitrogen functional groups attached to an aromatic ring is 1. The van der Waals surface area contributed by atoms with Gasteiger partial charge in [0.05, 0.1) is 0 Å². The van der Waals surface area contributed by atoms with E-state index in [1.54, 1.807) is 0 Å². The zero-order chi connectivity index (χ0) is 11.7. The monoisotopic (exact) mass is 230 g/mol. The van der Waals surface area contributed by atoms with Gasteiger partial charge >= 0.3 is 0 Å². The summed E-state index contributed by atoms with van der Waals surface area (Å²) in [5.41, 5.74) is 8.64. The van der Waals surface area contributed by atoms with E-state index in [9.17, 15) is 0 Å². The molecule has 2 nitrogen and oxygen atoms in total. The molecule has 2 fully saturated rings. The maximum atomic E-state index is 5.76. The number of nitrogens with zero attached hydrogens (tertiary/aromatic N) is 1. The third-order valence-corrected chi connectivity index (χ3v) is 4.48. The molecule has 1 aliphatic heterocycles. The summed E-state index contributed by atoms with van der Waals surface area (Å²) >= 11 is 0. The van der Waals surface area contributed by atoms with E-state index < -0.39 is 0 Å². The number of anilines is 1. The van der Waals surface area contributed by atoms with E-state index in [1.165, 1.54) is 57.3 Å². The molecular formula is C15H22N2. The highest BCUT2D eigenvalue weighted by molar-refractivity contribution is 5.43. The first kappa shape index (κ1) is 11.1. The molecule has 2 heteroatoms. The van der Waals surface area contributed by atoms with Crippen molar-refractivity contribution < 1.29 is 0 Å². The van der Waals surface area contributed by atoms with Gasteiger partial charge in [0.1, 0.15) is 0 Å². The van der Waals surface area contributed by atoms with Crippen LogP contribution in [-0.4, -0.2) is 24.5 Å². The predicted molar refractivity (Wildman–Crippen MR) is 72.1 cm³/mol. The average molecular weight is 230 g/mol. The van der Waals surface area contributed by atoms with E-state index in [1.807, 2.05) is 12.1 Å². The molecule has 0 radical (unpaired) electrons. The van der Waals surface area contributed by atoms with Crippen molar-refractivity contribution in [3.05, 3.63) is 29.8 Å². The predicted octanol–water partition coefficient (Wildman–Crippen LogP) is 2.79. The van der Waals surface area contributed by atoms with Crippen molar-refractivity contribution in [3.8, 4) is 0 Å². The first-order valence-electron chi connectivity index (χ1n) is 6.87. The molecule has 0 spiro atoms.